The summed E-state index contributed by atoms with van der Waals surface area (Å²) in [6.45, 7) is 5.30. The SMILES string of the molecule is Nc1nc(N)n(-c2ccc(N3CCC(N4CCOCC4)CC3)c(F)c2)n1. The van der Waals surface area contributed by atoms with Crippen molar-refractivity contribution in [1.82, 2.24) is 19.7 Å². The van der Waals surface area contributed by atoms with Gasteiger partial charge in [-0.15, -0.1) is 5.10 Å². The molecule has 2 aliphatic heterocycles. The molecule has 2 aromatic rings. The average molecular weight is 361 g/mol. The van der Waals surface area contributed by atoms with Crippen LogP contribution in [0.5, 0.6) is 0 Å². The third-order valence-corrected chi connectivity index (χ3v) is 5.19. The molecule has 1 aromatic carbocycles. The zero-order valence-electron chi connectivity index (χ0n) is 14.6. The molecule has 4 N–H and O–H groups in total. The number of halogens is 1. The van der Waals surface area contributed by atoms with Gasteiger partial charge in [-0.2, -0.15) is 9.67 Å². The van der Waals surface area contributed by atoms with E-state index >= 15 is 0 Å². The van der Waals surface area contributed by atoms with E-state index in [9.17, 15) is 4.39 Å². The second kappa shape index (κ2) is 7.08. The van der Waals surface area contributed by atoms with Crippen molar-refractivity contribution in [1.29, 1.82) is 0 Å². The lowest BCUT2D eigenvalue weighted by molar-refractivity contribution is 0.0115. The quantitative estimate of drug-likeness (QED) is 0.837. The van der Waals surface area contributed by atoms with Crippen molar-refractivity contribution in [3.05, 3.63) is 24.0 Å². The van der Waals surface area contributed by atoms with Gasteiger partial charge in [0.05, 0.1) is 24.6 Å². The molecular formula is C17H24FN7O. The van der Waals surface area contributed by atoms with E-state index in [2.05, 4.69) is 19.9 Å². The Morgan fingerprint density at radius 3 is 2.42 bits per heavy atom. The molecule has 0 amide bonds. The van der Waals surface area contributed by atoms with Crippen LogP contribution < -0.4 is 16.4 Å². The van der Waals surface area contributed by atoms with Gasteiger partial charge < -0.3 is 21.1 Å². The standard InChI is InChI=1S/C17H24FN7O/c18-14-11-13(25-17(20)21-16(19)22-25)1-2-15(14)24-5-3-12(4-6-24)23-7-9-26-10-8-23/h1-2,11-12H,3-10H2,(H4,19,20,21,22). The van der Waals surface area contributed by atoms with Crippen LogP contribution in [-0.4, -0.2) is 65.1 Å². The van der Waals surface area contributed by atoms with Crippen LogP contribution in [0.2, 0.25) is 0 Å². The molecule has 2 aliphatic rings. The summed E-state index contributed by atoms with van der Waals surface area (Å²) in [6.07, 6.45) is 2.07. The van der Waals surface area contributed by atoms with Crippen molar-refractivity contribution in [2.45, 2.75) is 18.9 Å². The molecule has 0 spiro atoms. The summed E-state index contributed by atoms with van der Waals surface area (Å²) in [5.41, 5.74) is 12.4. The van der Waals surface area contributed by atoms with Gasteiger partial charge in [0.1, 0.15) is 5.82 Å². The first-order valence-corrected chi connectivity index (χ1v) is 8.96. The summed E-state index contributed by atoms with van der Waals surface area (Å²) in [4.78, 5) is 8.45. The van der Waals surface area contributed by atoms with Crippen molar-refractivity contribution in [2.24, 2.45) is 0 Å². The normalized spacial score (nSPS) is 19.8. The highest BCUT2D eigenvalue weighted by atomic mass is 19.1. The number of rotatable bonds is 3. The minimum absolute atomic E-state index is 0.0668. The smallest absolute Gasteiger partial charge is 0.241 e. The third kappa shape index (κ3) is 3.32. The number of aromatic nitrogens is 3. The highest BCUT2D eigenvalue weighted by molar-refractivity contribution is 5.54. The maximum atomic E-state index is 14.7. The van der Waals surface area contributed by atoms with Gasteiger partial charge in [-0.3, -0.25) is 4.90 Å². The third-order valence-electron chi connectivity index (χ3n) is 5.19. The Bertz CT molecular complexity index is 766. The minimum atomic E-state index is -0.291. The number of hydrogen-bond donors (Lipinski definition) is 2. The van der Waals surface area contributed by atoms with Gasteiger partial charge in [0.15, 0.2) is 0 Å². The first kappa shape index (κ1) is 17.0. The minimum Gasteiger partial charge on any atom is -0.379 e. The van der Waals surface area contributed by atoms with Crippen molar-refractivity contribution >= 4 is 17.6 Å². The second-order valence-corrected chi connectivity index (χ2v) is 6.74. The number of piperidine rings is 1. The molecule has 0 saturated carbocycles. The molecular weight excluding hydrogens is 337 g/mol. The maximum Gasteiger partial charge on any atom is 0.241 e. The Kier molecular flexibility index (Phi) is 4.64. The first-order valence-electron chi connectivity index (χ1n) is 8.96. The van der Waals surface area contributed by atoms with Crippen molar-refractivity contribution < 1.29 is 9.13 Å². The van der Waals surface area contributed by atoms with Crippen LogP contribution >= 0.6 is 0 Å². The monoisotopic (exact) mass is 361 g/mol. The van der Waals surface area contributed by atoms with Crippen molar-refractivity contribution in [2.75, 3.05) is 55.8 Å². The van der Waals surface area contributed by atoms with Gasteiger partial charge in [-0.1, -0.05) is 0 Å². The fourth-order valence-electron chi connectivity index (χ4n) is 3.83. The van der Waals surface area contributed by atoms with E-state index in [0.29, 0.717) is 17.4 Å². The number of ether oxygens (including phenoxy) is 1. The Morgan fingerprint density at radius 2 is 1.81 bits per heavy atom. The Balaban J connectivity index is 1.44. The molecule has 0 radical (unpaired) electrons. The molecule has 1 aromatic heterocycles. The molecule has 9 heteroatoms. The first-order chi connectivity index (χ1) is 12.6. The zero-order chi connectivity index (χ0) is 18.1. The van der Waals surface area contributed by atoms with E-state index in [1.807, 2.05) is 0 Å². The van der Waals surface area contributed by atoms with Crippen LogP contribution in [0, 0.1) is 5.82 Å². The largest absolute Gasteiger partial charge is 0.379 e. The molecule has 2 saturated heterocycles. The number of nitrogens with two attached hydrogens (primary N) is 2. The van der Waals surface area contributed by atoms with Gasteiger partial charge in [0.25, 0.3) is 0 Å². The lowest BCUT2D eigenvalue weighted by atomic mass is 10.0. The summed E-state index contributed by atoms with van der Waals surface area (Å²) in [6, 6.07) is 5.55. The van der Waals surface area contributed by atoms with Crippen LogP contribution in [0.25, 0.3) is 5.69 Å². The van der Waals surface area contributed by atoms with Gasteiger partial charge in [0.2, 0.25) is 11.9 Å². The molecule has 0 atom stereocenters. The molecule has 0 aliphatic carbocycles. The van der Waals surface area contributed by atoms with Crippen molar-refractivity contribution in [3.63, 3.8) is 0 Å². The van der Waals surface area contributed by atoms with E-state index in [1.165, 1.54) is 10.7 Å². The molecule has 3 heterocycles. The van der Waals surface area contributed by atoms with Crippen molar-refractivity contribution in [3.8, 4) is 5.69 Å². The van der Waals surface area contributed by atoms with E-state index < -0.39 is 0 Å². The number of nitrogen functional groups attached to an aromatic ring is 2. The molecule has 0 bridgehead atoms. The average Bonchev–Trinajstić information content (AvgIpc) is 3.01. The van der Waals surface area contributed by atoms with E-state index in [-0.39, 0.29) is 17.7 Å². The lowest BCUT2D eigenvalue weighted by Gasteiger charge is -2.40. The summed E-state index contributed by atoms with van der Waals surface area (Å²) in [7, 11) is 0. The number of nitrogens with zero attached hydrogens (tertiary/aromatic N) is 5. The van der Waals surface area contributed by atoms with E-state index in [0.717, 1.165) is 52.2 Å². The van der Waals surface area contributed by atoms with Gasteiger partial charge in [-0.25, -0.2) is 4.39 Å². The Hall–Kier alpha value is -2.39. The van der Waals surface area contributed by atoms with Crippen LogP contribution in [0.4, 0.5) is 22.0 Å². The lowest BCUT2D eigenvalue weighted by Crippen LogP contribution is -2.49. The zero-order valence-corrected chi connectivity index (χ0v) is 14.6. The molecule has 8 nitrogen and oxygen atoms in total. The Labute approximate surface area is 151 Å². The highest BCUT2D eigenvalue weighted by Crippen LogP contribution is 2.27. The number of anilines is 3. The van der Waals surface area contributed by atoms with Gasteiger partial charge in [-0.05, 0) is 25.0 Å². The van der Waals surface area contributed by atoms with Crippen LogP contribution in [0.1, 0.15) is 12.8 Å². The Morgan fingerprint density at radius 1 is 1.08 bits per heavy atom. The van der Waals surface area contributed by atoms with E-state index in [1.54, 1.807) is 12.1 Å². The summed E-state index contributed by atoms with van der Waals surface area (Å²) < 4.78 is 21.5. The van der Waals surface area contributed by atoms with E-state index in [4.69, 9.17) is 16.2 Å². The summed E-state index contributed by atoms with van der Waals surface area (Å²) in [5, 5.41) is 3.99. The molecule has 26 heavy (non-hydrogen) atoms. The summed E-state index contributed by atoms with van der Waals surface area (Å²) >= 11 is 0. The topological polar surface area (TPSA) is 98.5 Å². The second-order valence-electron chi connectivity index (χ2n) is 6.74. The van der Waals surface area contributed by atoms with Crippen LogP contribution in [-0.2, 0) is 4.74 Å². The predicted molar refractivity (Wildman–Crippen MR) is 97.8 cm³/mol. The number of morpholine rings is 1. The highest BCUT2D eigenvalue weighted by Gasteiger charge is 2.27. The number of benzene rings is 1. The number of hydrogen-bond acceptors (Lipinski definition) is 7. The summed E-state index contributed by atoms with van der Waals surface area (Å²) in [5.74, 6) is -0.0843. The van der Waals surface area contributed by atoms with Gasteiger partial charge >= 0.3 is 0 Å². The molecule has 0 unspecified atom stereocenters. The fraction of sp³-hybridized carbons (Fsp3) is 0.529. The fourth-order valence-corrected chi connectivity index (χ4v) is 3.83. The maximum absolute atomic E-state index is 14.7. The van der Waals surface area contributed by atoms with Crippen LogP contribution in [0.15, 0.2) is 18.2 Å². The van der Waals surface area contributed by atoms with Gasteiger partial charge in [0, 0.05) is 38.3 Å². The molecule has 2 fully saturated rings. The molecule has 140 valence electrons. The van der Waals surface area contributed by atoms with Crippen LogP contribution in [0.3, 0.4) is 0 Å². The molecule has 4 rings (SSSR count). The predicted octanol–water partition coefficient (Wildman–Crippen LogP) is 0.872.